The smallest absolute Gasteiger partial charge is 0.271 e. The highest BCUT2D eigenvalue weighted by atomic mass is 16.2. The Morgan fingerprint density at radius 3 is 2.86 bits per heavy atom. The van der Waals surface area contributed by atoms with Crippen molar-refractivity contribution in [1.82, 2.24) is 30.0 Å². The maximum absolute atomic E-state index is 12.9. The molecule has 0 unspecified atom stereocenters. The first-order valence-corrected chi connectivity index (χ1v) is 9.69. The van der Waals surface area contributed by atoms with Crippen molar-refractivity contribution in [3.05, 3.63) is 59.7 Å². The number of hydrogen-bond donors (Lipinski definition) is 2. The fourth-order valence-corrected chi connectivity index (χ4v) is 3.60. The first kappa shape index (κ1) is 19.1. The molecule has 3 N–H and O–H groups in total. The Morgan fingerprint density at radius 2 is 2.10 bits per heavy atom. The molecule has 8 nitrogen and oxygen atoms in total. The molecule has 0 bridgehead atoms. The van der Waals surface area contributed by atoms with Crippen LogP contribution in [0.2, 0.25) is 0 Å². The fourth-order valence-electron chi connectivity index (χ4n) is 3.60. The predicted molar refractivity (Wildman–Crippen MR) is 111 cm³/mol. The molecule has 1 amide bonds. The number of benzene rings is 1. The zero-order chi connectivity index (χ0) is 20.4. The second-order valence-corrected chi connectivity index (χ2v) is 7.54. The van der Waals surface area contributed by atoms with E-state index in [9.17, 15) is 4.79 Å². The highest BCUT2D eigenvalue weighted by Crippen LogP contribution is 2.21. The van der Waals surface area contributed by atoms with Crippen molar-refractivity contribution in [2.24, 2.45) is 0 Å². The van der Waals surface area contributed by atoms with Crippen LogP contribution < -0.4 is 5.73 Å². The molecule has 0 spiro atoms. The minimum atomic E-state index is -0.0213. The molecule has 0 aliphatic carbocycles. The fraction of sp³-hybridized carbons (Fsp3) is 0.333. The zero-order valence-electron chi connectivity index (χ0n) is 16.7. The third-order valence-electron chi connectivity index (χ3n) is 5.35. The number of H-pyrrole nitrogens is 1. The number of aromatic nitrogens is 4. The van der Waals surface area contributed by atoms with E-state index < -0.39 is 0 Å². The molecule has 3 heterocycles. The minimum absolute atomic E-state index is 0.0213. The highest BCUT2D eigenvalue weighted by molar-refractivity contribution is 5.93. The average Bonchev–Trinajstić information content (AvgIpc) is 3.38. The number of likely N-dealkylation sites (N-methyl/N-ethyl adjacent to an activating group) is 1. The molecule has 0 saturated carbocycles. The van der Waals surface area contributed by atoms with Crippen LogP contribution in [0.5, 0.6) is 0 Å². The second kappa shape index (κ2) is 8.00. The molecule has 4 rings (SSSR count). The molecule has 1 atom stereocenters. The largest absolute Gasteiger partial charge is 0.384 e. The molecule has 1 fully saturated rings. The molecule has 1 aliphatic heterocycles. The van der Waals surface area contributed by atoms with Crippen molar-refractivity contribution in [2.45, 2.75) is 25.9 Å². The van der Waals surface area contributed by atoms with Crippen molar-refractivity contribution < 1.29 is 4.79 Å². The number of hydrogen-bond acceptors (Lipinski definition) is 6. The zero-order valence-corrected chi connectivity index (χ0v) is 16.7. The molecule has 0 radical (unpaired) electrons. The van der Waals surface area contributed by atoms with E-state index in [-0.39, 0.29) is 11.9 Å². The van der Waals surface area contributed by atoms with Gasteiger partial charge in [0.2, 0.25) is 0 Å². The van der Waals surface area contributed by atoms with Crippen LogP contribution in [0.25, 0.3) is 11.3 Å². The lowest BCUT2D eigenvalue weighted by Crippen LogP contribution is -2.36. The molecule has 1 aliphatic rings. The summed E-state index contributed by atoms with van der Waals surface area (Å²) in [6.07, 6.45) is 2.57. The number of nitrogens with zero attached hydrogens (tertiary/aromatic N) is 5. The number of nitrogen functional groups attached to an aromatic ring is 1. The standard InChI is InChI=1S/C21H25N7O/c1-14-3-5-15(6-4-14)17-11-18(26-25-17)21(29)28-10-8-16(12-28)27(2)13-20-23-9-7-19(22)24-20/h3-7,9,11,16H,8,10,12-13H2,1-2H3,(H,25,26)(H2,22,23,24)/t16-/m1/s1. The van der Waals surface area contributed by atoms with Gasteiger partial charge in [0.15, 0.2) is 0 Å². The van der Waals surface area contributed by atoms with E-state index in [1.54, 1.807) is 12.3 Å². The Bertz CT molecular complexity index is 998. The van der Waals surface area contributed by atoms with Crippen LogP contribution >= 0.6 is 0 Å². The number of nitrogens with one attached hydrogen (secondary N) is 1. The van der Waals surface area contributed by atoms with Gasteiger partial charge in [-0.05, 0) is 32.5 Å². The Balaban J connectivity index is 1.38. The lowest BCUT2D eigenvalue weighted by molar-refractivity contribution is 0.0773. The van der Waals surface area contributed by atoms with E-state index in [0.717, 1.165) is 17.7 Å². The third-order valence-corrected chi connectivity index (χ3v) is 5.35. The number of nitrogens with two attached hydrogens (primary N) is 1. The predicted octanol–water partition coefficient (Wildman–Crippen LogP) is 2.10. The van der Waals surface area contributed by atoms with Crippen LogP contribution in [0.4, 0.5) is 5.82 Å². The van der Waals surface area contributed by atoms with Gasteiger partial charge in [-0.15, -0.1) is 0 Å². The number of amides is 1. The van der Waals surface area contributed by atoms with Gasteiger partial charge in [-0.3, -0.25) is 14.8 Å². The van der Waals surface area contributed by atoms with Gasteiger partial charge in [0.05, 0.1) is 12.2 Å². The molecular formula is C21H25N7O. The molecule has 3 aromatic rings. The molecular weight excluding hydrogens is 366 g/mol. The van der Waals surface area contributed by atoms with Gasteiger partial charge < -0.3 is 10.6 Å². The van der Waals surface area contributed by atoms with E-state index in [4.69, 9.17) is 5.73 Å². The van der Waals surface area contributed by atoms with E-state index in [1.807, 2.05) is 49.2 Å². The summed E-state index contributed by atoms with van der Waals surface area (Å²) in [5.74, 6) is 1.14. The summed E-state index contributed by atoms with van der Waals surface area (Å²) in [4.78, 5) is 25.5. The monoisotopic (exact) mass is 391 g/mol. The van der Waals surface area contributed by atoms with Crippen molar-refractivity contribution in [1.29, 1.82) is 0 Å². The van der Waals surface area contributed by atoms with E-state index in [2.05, 4.69) is 25.1 Å². The van der Waals surface area contributed by atoms with Gasteiger partial charge in [-0.1, -0.05) is 29.8 Å². The molecule has 1 saturated heterocycles. The molecule has 8 heteroatoms. The first-order valence-electron chi connectivity index (χ1n) is 9.69. The lowest BCUT2D eigenvalue weighted by Gasteiger charge is -2.23. The maximum atomic E-state index is 12.9. The number of anilines is 1. The van der Waals surface area contributed by atoms with Crippen LogP contribution in [0.1, 0.15) is 28.3 Å². The van der Waals surface area contributed by atoms with Gasteiger partial charge in [-0.25, -0.2) is 9.97 Å². The van der Waals surface area contributed by atoms with Crippen LogP contribution in [-0.4, -0.2) is 62.1 Å². The number of aromatic amines is 1. The van der Waals surface area contributed by atoms with E-state index in [0.29, 0.717) is 37.0 Å². The Hall–Kier alpha value is -3.26. The van der Waals surface area contributed by atoms with E-state index >= 15 is 0 Å². The quantitative estimate of drug-likeness (QED) is 0.690. The van der Waals surface area contributed by atoms with Crippen molar-refractivity contribution in [2.75, 3.05) is 25.9 Å². The molecule has 1 aromatic carbocycles. The Morgan fingerprint density at radius 1 is 1.31 bits per heavy atom. The lowest BCUT2D eigenvalue weighted by atomic mass is 10.1. The van der Waals surface area contributed by atoms with Gasteiger partial charge in [-0.2, -0.15) is 5.10 Å². The second-order valence-electron chi connectivity index (χ2n) is 7.54. The maximum Gasteiger partial charge on any atom is 0.271 e. The normalized spacial score (nSPS) is 16.5. The Labute approximate surface area is 169 Å². The number of likely N-dealkylation sites (tertiary alicyclic amines) is 1. The summed E-state index contributed by atoms with van der Waals surface area (Å²) in [6, 6.07) is 11.9. The van der Waals surface area contributed by atoms with Gasteiger partial charge in [0, 0.05) is 30.9 Å². The number of carbonyl (C=O) groups is 1. The minimum Gasteiger partial charge on any atom is -0.384 e. The van der Waals surface area contributed by atoms with Crippen LogP contribution in [0, 0.1) is 6.92 Å². The summed E-state index contributed by atoms with van der Waals surface area (Å²) < 4.78 is 0. The number of aryl methyl sites for hydroxylation is 1. The van der Waals surface area contributed by atoms with Crippen molar-refractivity contribution in [3.8, 4) is 11.3 Å². The third kappa shape index (κ3) is 4.27. The topological polar surface area (TPSA) is 104 Å². The number of rotatable bonds is 5. The molecule has 29 heavy (non-hydrogen) atoms. The van der Waals surface area contributed by atoms with E-state index in [1.165, 1.54) is 5.56 Å². The first-order chi connectivity index (χ1) is 14.0. The van der Waals surface area contributed by atoms with Gasteiger partial charge >= 0.3 is 0 Å². The highest BCUT2D eigenvalue weighted by Gasteiger charge is 2.30. The van der Waals surface area contributed by atoms with Crippen molar-refractivity contribution >= 4 is 11.7 Å². The number of carbonyl (C=O) groups excluding carboxylic acids is 1. The van der Waals surface area contributed by atoms with Crippen LogP contribution in [-0.2, 0) is 6.54 Å². The summed E-state index contributed by atoms with van der Waals surface area (Å²) in [7, 11) is 2.02. The summed E-state index contributed by atoms with van der Waals surface area (Å²) >= 11 is 0. The summed E-state index contributed by atoms with van der Waals surface area (Å²) in [6.45, 7) is 4.02. The SMILES string of the molecule is Cc1ccc(-c2cc(C(=O)N3CC[C@@H](N(C)Cc4nccc(N)n4)C3)[nH]n2)cc1. The van der Waals surface area contributed by atoms with Gasteiger partial charge in [0.25, 0.3) is 5.91 Å². The molecule has 150 valence electrons. The van der Waals surface area contributed by atoms with Crippen molar-refractivity contribution in [3.63, 3.8) is 0 Å². The molecule has 2 aromatic heterocycles. The van der Waals surface area contributed by atoms with Gasteiger partial charge in [0.1, 0.15) is 17.3 Å². The average molecular weight is 391 g/mol. The Kier molecular flexibility index (Phi) is 5.26. The van der Waals surface area contributed by atoms with Crippen LogP contribution in [0.3, 0.4) is 0 Å². The summed E-state index contributed by atoms with van der Waals surface area (Å²) in [5, 5.41) is 7.21. The summed E-state index contributed by atoms with van der Waals surface area (Å²) in [5.41, 5.74) is 9.21. The van der Waals surface area contributed by atoms with Crippen LogP contribution in [0.15, 0.2) is 42.6 Å².